The molecule has 0 saturated carbocycles. The normalized spacial score (nSPS) is 10.9. The molecule has 0 atom stereocenters. The van der Waals surface area contributed by atoms with Crippen LogP contribution in [0.5, 0.6) is 0 Å². The van der Waals surface area contributed by atoms with Crippen LogP contribution >= 0.6 is 0 Å². The number of aryl methyl sites for hydroxylation is 1. The summed E-state index contributed by atoms with van der Waals surface area (Å²) in [6.07, 6.45) is 0. The number of hydrogen-bond donors (Lipinski definition) is 4. The summed E-state index contributed by atoms with van der Waals surface area (Å²) in [4.78, 5) is 36.9. The molecule has 0 fully saturated rings. The van der Waals surface area contributed by atoms with E-state index in [2.05, 4.69) is 30.6 Å². The Hall–Kier alpha value is -3.27. The van der Waals surface area contributed by atoms with E-state index in [9.17, 15) is 14.0 Å². The van der Waals surface area contributed by atoms with Crippen LogP contribution < -0.4 is 16.2 Å². The monoisotopic (exact) mass is 374 g/mol. The Labute approximate surface area is 153 Å². The molecule has 27 heavy (non-hydrogen) atoms. The summed E-state index contributed by atoms with van der Waals surface area (Å²) in [5.74, 6) is 0.229. The molecule has 1 aromatic carbocycles. The SMILES string of the molecule is Cc1cc(=O)[nH]c(NCCNC(=O)COCc2nc3ccc(F)cc3[nH]2)n1. The van der Waals surface area contributed by atoms with E-state index >= 15 is 0 Å². The number of fused-ring (bicyclic) bond motifs is 1. The molecule has 0 saturated heterocycles. The van der Waals surface area contributed by atoms with Crippen molar-refractivity contribution in [2.24, 2.45) is 0 Å². The van der Waals surface area contributed by atoms with E-state index in [0.29, 0.717) is 41.6 Å². The van der Waals surface area contributed by atoms with Crippen LogP contribution in [0.1, 0.15) is 11.5 Å². The first kappa shape index (κ1) is 18.5. The number of carbonyl (C=O) groups excluding carboxylic acids is 1. The number of halogens is 1. The molecule has 0 aliphatic carbocycles. The summed E-state index contributed by atoms with van der Waals surface area (Å²) >= 11 is 0. The van der Waals surface area contributed by atoms with E-state index in [1.807, 2.05) is 0 Å². The van der Waals surface area contributed by atoms with E-state index in [1.165, 1.54) is 18.2 Å². The molecule has 0 radical (unpaired) electrons. The molecular weight excluding hydrogens is 355 g/mol. The van der Waals surface area contributed by atoms with Crippen molar-refractivity contribution in [1.82, 2.24) is 25.3 Å². The number of carbonyl (C=O) groups is 1. The van der Waals surface area contributed by atoms with E-state index in [4.69, 9.17) is 4.74 Å². The second kappa shape index (κ2) is 8.41. The molecule has 142 valence electrons. The highest BCUT2D eigenvalue weighted by Crippen LogP contribution is 2.13. The molecule has 0 unspecified atom stereocenters. The molecule has 3 rings (SSSR count). The van der Waals surface area contributed by atoms with Gasteiger partial charge in [-0.15, -0.1) is 0 Å². The van der Waals surface area contributed by atoms with Gasteiger partial charge in [-0.05, 0) is 25.1 Å². The molecule has 10 heteroatoms. The number of rotatable bonds is 8. The van der Waals surface area contributed by atoms with Gasteiger partial charge in [-0.3, -0.25) is 14.6 Å². The number of anilines is 1. The van der Waals surface area contributed by atoms with Gasteiger partial charge in [0.2, 0.25) is 11.9 Å². The third kappa shape index (κ3) is 5.35. The quantitative estimate of drug-likeness (QED) is 0.433. The van der Waals surface area contributed by atoms with Crippen LogP contribution in [0, 0.1) is 12.7 Å². The fourth-order valence-corrected chi connectivity index (χ4v) is 2.44. The van der Waals surface area contributed by atoms with Crippen molar-refractivity contribution in [1.29, 1.82) is 0 Å². The van der Waals surface area contributed by atoms with Crippen LogP contribution in [0.25, 0.3) is 11.0 Å². The van der Waals surface area contributed by atoms with Crippen LogP contribution in [0.4, 0.5) is 10.3 Å². The summed E-state index contributed by atoms with van der Waals surface area (Å²) in [5.41, 5.74) is 1.57. The first-order chi connectivity index (χ1) is 13.0. The summed E-state index contributed by atoms with van der Waals surface area (Å²) < 4.78 is 18.4. The average Bonchev–Trinajstić information content (AvgIpc) is 2.99. The summed E-state index contributed by atoms with van der Waals surface area (Å²) in [6.45, 7) is 2.43. The number of benzene rings is 1. The number of H-pyrrole nitrogens is 2. The lowest BCUT2D eigenvalue weighted by molar-refractivity contribution is -0.126. The lowest BCUT2D eigenvalue weighted by Crippen LogP contribution is -2.32. The second-order valence-electron chi connectivity index (χ2n) is 5.85. The molecule has 0 spiro atoms. The highest BCUT2D eigenvalue weighted by molar-refractivity contribution is 5.77. The minimum Gasteiger partial charge on any atom is -0.364 e. The van der Waals surface area contributed by atoms with Gasteiger partial charge in [-0.2, -0.15) is 0 Å². The third-order valence-electron chi connectivity index (χ3n) is 3.57. The average molecular weight is 374 g/mol. The largest absolute Gasteiger partial charge is 0.364 e. The minimum atomic E-state index is -0.350. The van der Waals surface area contributed by atoms with Crippen LogP contribution in [0.2, 0.25) is 0 Å². The van der Waals surface area contributed by atoms with Crippen LogP contribution in [-0.2, 0) is 16.1 Å². The third-order valence-corrected chi connectivity index (χ3v) is 3.57. The van der Waals surface area contributed by atoms with Gasteiger partial charge in [0, 0.05) is 24.8 Å². The maximum atomic E-state index is 13.1. The van der Waals surface area contributed by atoms with E-state index < -0.39 is 0 Å². The number of aromatic nitrogens is 4. The van der Waals surface area contributed by atoms with Crippen LogP contribution in [-0.4, -0.2) is 45.5 Å². The molecule has 3 aromatic rings. The van der Waals surface area contributed by atoms with Crippen LogP contribution in [0.3, 0.4) is 0 Å². The van der Waals surface area contributed by atoms with Crippen molar-refractivity contribution >= 4 is 22.9 Å². The van der Waals surface area contributed by atoms with E-state index in [-0.39, 0.29) is 30.5 Å². The fraction of sp³-hybridized carbons (Fsp3) is 0.294. The van der Waals surface area contributed by atoms with Crippen molar-refractivity contribution in [2.75, 3.05) is 25.0 Å². The molecule has 0 aliphatic rings. The van der Waals surface area contributed by atoms with Crippen molar-refractivity contribution in [3.8, 4) is 0 Å². The van der Waals surface area contributed by atoms with Crippen molar-refractivity contribution in [3.63, 3.8) is 0 Å². The van der Waals surface area contributed by atoms with Gasteiger partial charge in [0.25, 0.3) is 5.56 Å². The molecule has 4 N–H and O–H groups in total. The first-order valence-electron chi connectivity index (χ1n) is 8.30. The van der Waals surface area contributed by atoms with Crippen molar-refractivity contribution < 1.29 is 13.9 Å². The number of imidazole rings is 1. The maximum Gasteiger partial charge on any atom is 0.252 e. The smallest absolute Gasteiger partial charge is 0.252 e. The van der Waals surface area contributed by atoms with Gasteiger partial charge in [0.05, 0.1) is 11.0 Å². The van der Waals surface area contributed by atoms with Crippen LogP contribution in [0.15, 0.2) is 29.1 Å². The maximum absolute atomic E-state index is 13.1. The lowest BCUT2D eigenvalue weighted by Gasteiger charge is -2.07. The molecule has 2 aromatic heterocycles. The Morgan fingerprint density at radius 2 is 2.07 bits per heavy atom. The molecule has 0 aliphatic heterocycles. The zero-order chi connectivity index (χ0) is 19.2. The number of hydrogen-bond acceptors (Lipinski definition) is 6. The van der Waals surface area contributed by atoms with Gasteiger partial charge in [-0.1, -0.05) is 0 Å². The topological polar surface area (TPSA) is 125 Å². The Morgan fingerprint density at radius 3 is 2.89 bits per heavy atom. The molecule has 1 amide bonds. The number of aromatic amines is 2. The Bertz CT molecular complexity index is 1000. The highest BCUT2D eigenvalue weighted by Gasteiger charge is 2.06. The van der Waals surface area contributed by atoms with E-state index in [0.717, 1.165) is 0 Å². The minimum absolute atomic E-state index is 0.108. The number of nitrogens with zero attached hydrogens (tertiary/aromatic N) is 2. The predicted molar refractivity (Wildman–Crippen MR) is 96.8 cm³/mol. The molecular formula is C17H19FN6O3. The predicted octanol–water partition coefficient (Wildman–Crippen LogP) is 0.839. The first-order valence-corrected chi connectivity index (χ1v) is 8.30. The van der Waals surface area contributed by atoms with E-state index in [1.54, 1.807) is 13.0 Å². The standard InChI is InChI=1S/C17H19FN6O3/c1-10-6-15(25)24-17(21-10)20-5-4-19-16(26)9-27-8-14-22-12-3-2-11(18)7-13(12)23-14/h2-3,6-7H,4-5,8-9H2,1H3,(H,19,26)(H,22,23)(H2,20,21,24,25). The van der Waals surface area contributed by atoms with Gasteiger partial charge in [0.15, 0.2) is 0 Å². The summed E-state index contributed by atoms with van der Waals surface area (Å²) in [7, 11) is 0. The molecule has 0 bridgehead atoms. The summed E-state index contributed by atoms with van der Waals surface area (Å²) in [6, 6.07) is 5.64. The lowest BCUT2D eigenvalue weighted by atomic mass is 10.3. The fourth-order valence-electron chi connectivity index (χ4n) is 2.44. The van der Waals surface area contributed by atoms with Gasteiger partial charge >= 0.3 is 0 Å². The highest BCUT2D eigenvalue weighted by atomic mass is 19.1. The number of nitrogens with one attached hydrogen (secondary N) is 4. The molecule has 2 heterocycles. The van der Waals surface area contributed by atoms with Crippen molar-refractivity contribution in [2.45, 2.75) is 13.5 Å². The Kier molecular flexibility index (Phi) is 5.77. The number of amides is 1. The van der Waals surface area contributed by atoms with Gasteiger partial charge in [-0.25, -0.2) is 14.4 Å². The Morgan fingerprint density at radius 1 is 1.22 bits per heavy atom. The van der Waals surface area contributed by atoms with Crippen molar-refractivity contribution in [3.05, 3.63) is 52.0 Å². The zero-order valence-corrected chi connectivity index (χ0v) is 14.6. The van der Waals surface area contributed by atoms with Gasteiger partial charge in [0.1, 0.15) is 24.9 Å². The van der Waals surface area contributed by atoms with Gasteiger partial charge < -0.3 is 20.4 Å². The second-order valence-corrected chi connectivity index (χ2v) is 5.85. The number of ether oxygens (including phenoxy) is 1. The summed E-state index contributed by atoms with van der Waals surface area (Å²) in [5, 5.41) is 5.59. The zero-order valence-electron chi connectivity index (χ0n) is 14.6. The Balaban J connectivity index is 1.36. The molecule has 9 nitrogen and oxygen atoms in total.